The summed E-state index contributed by atoms with van der Waals surface area (Å²) < 4.78 is 1.50. The Labute approximate surface area is 188 Å². The minimum atomic E-state index is -0.215. The van der Waals surface area contributed by atoms with Crippen LogP contribution in [0.1, 0.15) is 30.3 Å². The van der Waals surface area contributed by atoms with Gasteiger partial charge in [-0.2, -0.15) is 5.10 Å². The molecule has 2 aromatic heterocycles. The van der Waals surface area contributed by atoms with Gasteiger partial charge in [-0.3, -0.25) is 14.4 Å². The molecular weight excluding hydrogens is 430 g/mol. The molecule has 0 atom stereocenters. The standard InChI is InChI=1S/C21H21N7O3S/c1-13(29)24-15-3-2-4-16(9-15)25-19(30)11-32-20-10-18(22-12-23-20)28-8-7-17(27-28)21(31)26-14-5-6-14/h2-4,7-10,12,14H,5-6,11H2,1H3,(H,24,29)(H,25,30)(H,26,31). The van der Waals surface area contributed by atoms with E-state index in [1.165, 1.54) is 29.7 Å². The van der Waals surface area contributed by atoms with E-state index in [-0.39, 0.29) is 29.5 Å². The van der Waals surface area contributed by atoms with Gasteiger partial charge in [0, 0.05) is 36.6 Å². The van der Waals surface area contributed by atoms with E-state index in [1.54, 1.807) is 42.6 Å². The maximum absolute atomic E-state index is 12.3. The zero-order valence-corrected chi connectivity index (χ0v) is 18.1. The van der Waals surface area contributed by atoms with Gasteiger partial charge >= 0.3 is 0 Å². The summed E-state index contributed by atoms with van der Waals surface area (Å²) in [5.41, 5.74) is 1.51. The number of amides is 3. The van der Waals surface area contributed by atoms with Gasteiger partial charge in [-0.25, -0.2) is 14.6 Å². The third-order valence-corrected chi connectivity index (χ3v) is 5.34. The molecule has 1 aliphatic carbocycles. The average Bonchev–Trinajstić information content (AvgIpc) is 3.43. The number of rotatable bonds is 8. The highest BCUT2D eigenvalue weighted by molar-refractivity contribution is 7.99. The molecule has 4 rings (SSSR count). The van der Waals surface area contributed by atoms with Crippen LogP contribution in [-0.4, -0.2) is 49.3 Å². The minimum absolute atomic E-state index is 0.134. The van der Waals surface area contributed by atoms with Gasteiger partial charge in [0.1, 0.15) is 11.4 Å². The third-order valence-electron chi connectivity index (χ3n) is 4.41. The van der Waals surface area contributed by atoms with E-state index in [0.29, 0.717) is 27.9 Å². The second kappa shape index (κ2) is 9.60. The highest BCUT2D eigenvalue weighted by Crippen LogP contribution is 2.20. The fourth-order valence-corrected chi connectivity index (χ4v) is 3.47. The fraction of sp³-hybridized carbons (Fsp3) is 0.238. The van der Waals surface area contributed by atoms with Gasteiger partial charge in [0.05, 0.1) is 5.75 Å². The van der Waals surface area contributed by atoms with Gasteiger partial charge in [-0.1, -0.05) is 17.8 Å². The fourth-order valence-electron chi connectivity index (χ4n) is 2.81. The van der Waals surface area contributed by atoms with Crippen molar-refractivity contribution in [2.45, 2.75) is 30.8 Å². The van der Waals surface area contributed by atoms with Crippen molar-refractivity contribution >= 4 is 40.9 Å². The Kier molecular flexibility index (Phi) is 6.45. The summed E-state index contributed by atoms with van der Waals surface area (Å²) in [6.45, 7) is 1.42. The van der Waals surface area contributed by atoms with E-state index < -0.39 is 0 Å². The van der Waals surface area contributed by atoms with Gasteiger partial charge < -0.3 is 16.0 Å². The van der Waals surface area contributed by atoms with Crippen LogP contribution in [0.5, 0.6) is 0 Å². The second-order valence-electron chi connectivity index (χ2n) is 7.21. The Morgan fingerprint density at radius 3 is 2.62 bits per heavy atom. The van der Waals surface area contributed by atoms with E-state index in [1.807, 2.05) is 0 Å². The molecule has 3 N–H and O–H groups in total. The molecule has 164 valence electrons. The molecule has 1 fully saturated rings. The lowest BCUT2D eigenvalue weighted by Crippen LogP contribution is -2.25. The Morgan fingerprint density at radius 2 is 1.88 bits per heavy atom. The first-order valence-electron chi connectivity index (χ1n) is 9.95. The second-order valence-corrected chi connectivity index (χ2v) is 8.20. The number of thioether (sulfide) groups is 1. The van der Waals surface area contributed by atoms with Crippen LogP contribution in [-0.2, 0) is 9.59 Å². The van der Waals surface area contributed by atoms with Crippen LogP contribution in [0.2, 0.25) is 0 Å². The first-order valence-corrected chi connectivity index (χ1v) is 10.9. The molecule has 0 unspecified atom stereocenters. The van der Waals surface area contributed by atoms with Crippen LogP contribution >= 0.6 is 11.8 Å². The van der Waals surface area contributed by atoms with E-state index in [0.717, 1.165) is 12.8 Å². The van der Waals surface area contributed by atoms with Crippen molar-refractivity contribution in [1.29, 1.82) is 0 Å². The molecule has 0 saturated heterocycles. The van der Waals surface area contributed by atoms with Crippen LogP contribution in [0.15, 0.2) is 53.9 Å². The highest BCUT2D eigenvalue weighted by atomic mass is 32.2. The normalized spacial score (nSPS) is 12.8. The molecule has 1 aromatic carbocycles. The Morgan fingerprint density at radius 1 is 1.09 bits per heavy atom. The maximum atomic E-state index is 12.3. The predicted octanol–water partition coefficient (Wildman–Crippen LogP) is 2.24. The number of nitrogens with zero attached hydrogens (tertiary/aromatic N) is 4. The topological polar surface area (TPSA) is 131 Å². The zero-order valence-electron chi connectivity index (χ0n) is 17.2. The van der Waals surface area contributed by atoms with Crippen molar-refractivity contribution in [2.24, 2.45) is 0 Å². The molecule has 11 heteroatoms. The summed E-state index contributed by atoms with van der Waals surface area (Å²) in [6, 6.07) is 10.5. The molecule has 3 amide bonds. The minimum Gasteiger partial charge on any atom is -0.348 e. The van der Waals surface area contributed by atoms with Crippen LogP contribution in [0.3, 0.4) is 0 Å². The molecule has 2 heterocycles. The molecule has 0 aliphatic heterocycles. The summed E-state index contributed by atoms with van der Waals surface area (Å²) in [6.07, 6.45) is 5.06. The molecule has 0 radical (unpaired) electrons. The molecule has 3 aromatic rings. The van der Waals surface area contributed by atoms with Gasteiger partial charge in [0.25, 0.3) is 5.91 Å². The quantitative estimate of drug-likeness (QED) is 0.354. The SMILES string of the molecule is CC(=O)Nc1cccc(NC(=O)CSc2cc(-n3ccc(C(=O)NC4CC4)n3)ncn2)c1. The number of nitrogens with one attached hydrogen (secondary N) is 3. The van der Waals surface area contributed by atoms with Gasteiger partial charge in [0.2, 0.25) is 11.8 Å². The molecule has 0 bridgehead atoms. The van der Waals surface area contributed by atoms with Crippen molar-refractivity contribution in [3.05, 3.63) is 54.6 Å². The monoisotopic (exact) mass is 451 g/mol. The lowest BCUT2D eigenvalue weighted by Gasteiger charge is -2.08. The van der Waals surface area contributed by atoms with Crippen LogP contribution < -0.4 is 16.0 Å². The average molecular weight is 452 g/mol. The number of hydrogen-bond donors (Lipinski definition) is 3. The summed E-state index contributed by atoms with van der Waals surface area (Å²) in [7, 11) is 0. The smallest absolute Gasteiger partial charge is 0.272 e. The summed E-state index contributed by atoms with van der Waals surface area (Å²) in [4.78, 5) is 44.0. The molecule has 1 aliphatic rings. The molecule has 10 nitrogen and oxygen atoms in total. The van der Waals surface area contributed by atoms with Crippen molar-refractivity contribution in [3.8, 4) is 5.82 Å². The van der Waals surface area contributed by atoms with E-state index in [2.05, 4.69) is 31.0 Å². The number of carbonyl (C=O) groups is 3. The van der Waals surface area contributed by atoms with Crippen molar-refractivity contribution < 1.29 is 14.4 Å². The summed E-state index contributed by atoms with van der Waals surface area (Å²) >= 11 is 1.25. The first-order chi connectivity index (χ1) is 15.5. The summed E-state index contributed by atoms with van der Waals surface area (Å²) in [5.74, 6) is 0.0323. The third kappa shape index (κ3) is 5.91. The molecule has 1 saturated carbocycles. The van der Waals surface area contributed by atoms with Crippen LogP contribution in [0.4, 0.5) is 11.4 Å². The van der Waals surface area contributed by atoms with Crippen molar-refractivity contribution in [3.63, 3.8) is 0 Å². The number of carbonyl (C=O) groups excluding carboxylic acids is 3. The van der Waals surface area contributed by atoms with Gasteiger partial charge in [-0.15, -0.1) is 0 Å². The van der Waals surface area contributed by atoms with Crippen molar-refractivity contribution in [2.75, 3.05) is 16.4 Å². The van der Waals surface area contributed by atoms with Crippen molar-refractivity contribution in [1.82, 2.24) is 25.1 Å². The predicted molar refractivity (Wildman–Crippen MR) is 120 cm³/mol. The largest absolute Gasteiger partial charge is 0.348 e. The van der Waals surface area contributed by atoms with Crippen LogP contribution in [0.25, 0.3) is 5.82 Å². The molecular formula is C21H21N7O3S. The zero-order chi connectivity index (χ0) is 22.5. The Hall–Kier alpha value is -3.73. The van der Waals surface area contributed by atoms with E-state index >= 15 is 0 Å². The summed E-state index contributed by atoms with van der Waals surface area (Å²) in [5, 5.41) is 13.2. The van der Waals surface area contributed by atoms with Gasteiger partial charge in [-0.05, 0) is 37.1 Å². The highest BCUT2D eigenvalue weighted by Gasteiger charge is 2.24. The van der Waals surface area contributed by atoms with Gasteiger partial charge in [0.15, 0.2) is 11.5 Å². The van der Waals surface area contributed by atoms with E-state index in [4.69, 9.17) is 0 Å². The number of aromatic nitrogens is 4. The molecule has 0 spiro atoms. The Bertz CT molecular complexity index is 1160. The molecule has 32 heavy (non-hydrogen) atoms. The number of hydrogen-bond acceptors (Lipinski definition) is 7. The number of anilines is 2. The van der Waals surface area contributed by atoms with Crippen LogP contribution in [0, 0.1) is 0 Å². The first kappa shape index (κ1) is 21.5. The maximum Gasteiger partial charge on any atom is 0.272 e. The van der Waals surface area contributed by atoms with E-state index in [9.17, 15) is 14.4 Å². The lowest BCUT2D eigenvalue weighted by atomic mass is 10.2. The number of benzene rings is 1. The lowest BCUT2D eigenvalue weighted by molar-refractivity contribution is -0.114. The Balaban J connectivity index is 1.34.